The van der Waals surface area contributed by atoms with E-state index in [0.29, 0.717) is 11.0 Å². The molecule has 1 fully saturated rings. The van der Waals surface area contributed by atoms with Crippen molar-refractivity contribution in [2.24, 2.45) is 11.8 Å². The average Bonchev–Trinajstić information content (AvgIpc) is 3.03. The number of halogens is 1. The summed E-state index contributed by atoms with van der Waals surface area (Å²) in [5.41, 5.74) is 1.66. The second-order valence-electron chi connectivity index (χ2n) is 5.24. The SMILES string of the molecule is Cc1sc(NC(=O)C2CC2C)nc1-c1ccc(F)cc1. The van der Waals surface area contributed by atoms with Gasteiger partial charge in [-0.25, -0.2) is 9.37 Å². The highest BCUT2D eigenvalue weighted by Crippen LogP contribution is 2.39. The molecule has 1 aliphatic carbocycles. The van der Waals surface area contributed by atoms with Crippen molar-refractivity contribution < 1.29 is 9.18 Å². The quantitative estimate of drug-likeness (QED) is 0.933. The molecule has 0 radical (unpaired) electrons. The van der Waals surface area contributed by atoms with Gasteiger partial charge in [-0.3, -0.25) is 4.79 Å². The molecule has 2 unspecified atom stereocenters. The zero-order valence-electron chi connectivity index (χ0n) is 11.3. The van der Waals surface area contributed by atoms with Gasteiger partial charge >= 0.3 is 0 Å². The van der Waals surface area contributed by atoms with Crippen LogP contribution in [0.4, 0.5) is 9.52 Å². The number of aromatic nitrogens is 1. The largest absolute Gasteiger partial charge is 0.302 e. The summed E-state index contributed by atoms with van der Waals surface area (Å²) < 4.78 is 12.9. The molecule has 0 bridgehead atoms. The van der Waals surface area contributed by atoms with Gasteiger partial charge < -0.3 is 5.32 Å². The summed E-state index contributed by atoms with van der Waals surface area (Å²) in [5, 5.41) is 3.49. The first-order chi connectivity index (χ1) is 9.54. The number of hydrogen-bond donors (Lipinski definition) is 1. The molecule has 1 N–H and O–H groups in total. The average molecular weight is 290 g/mol. The number of amides is 1. The maximum Gasteiger partial charge on any atom is 0.229 e. The van der Waals surface area contributed by atoms with Crippen LogP contribution in [-0.4, -0.2) is 10.9 Å². The maximum atomic E-state index is 12.9. The molecule has 0 spiro atoms. The van der Waals surface area contributed by atoms with Crippen LogP contribution in [0.2, 0.25) is 0 Å². The van der Waals surface area contributed by atoms with E-state index in [9.17, 15) is 9.18 Å². The first-order valence-electron chi connectivity index (χ1n) is 6.59. The molecule has 5 heteroatoms. The molecule has 104 valence electrons. The standard InChI is InChI=1S/C15H15FN2OS/c1-8-7-12(8)14(19)18-15-17-13(9(2)20-15)10-3-5-11(16)6-4-10/h3-6,8,12H,7H2,1-2H3,(H,17,18,19). The number of benzene rings is 1. The first kappa shape index (κ1) is 13.2. The Bertz CT molecular complexity index is 650. The van der Waals surface area contributed by atoms with Gasteiger partial charge in [-0.1, -0.05) is 6.92 Å². The summed E-state index contributed by atoms with van der Waals surface area (Å²) in [5.74, 6) is 0.399. The van der Waals surface area contributed by atoms with Gasteiger partial charge in [-0.05, 0) is 43.5 Å². The molecule has 1 aromatic carbocycles. The fraction of sp³-hybridized carbons (Fsp3) is 0.333. The number of nitrogens with zero attached hydrogens (tertiary/aromatic N) is 1. The molecule has 20 heavy (non-hydrogen) atoms. The maximum absolute atomic E-state index is 12.9. The van der Waals surface area contributed by atoms with Crippen LogP contribution in [0.1, 0.15) is 18.2 Å². The molecule has 1 amide bonds. The minimum atomic E-state index is -0.266. The van der Waals surface area contributed by atoms with Gasteiger partial charge in [0.1, 0.15) is 5.82 Å². The van der Waals surface area contributed by atoms with Crippen LogP contribution in [0, 0.1) is 24.6 Å². The third-order valence-corrected chi connectivity index (χ3v) is 4.48. The lowest BCUT2D eigenvalue weighted by Gasteiger charge is -1.99. The summed E-state index contributed by atoms with van der Waals surface area (Å²) in [6.45, 7) is 4.02. The minimum absolute atomic E-state index is 0.0527. The summed E-state index contributed by atoms with van der Waals surface area (Å²) in [7, 11) is 0. The number of carbonyl (C=O) groups excluding carboxylic acids is 1. The van der Waals surface area contributed by atoms with Crippen molar-refractivity contribution in [1.29, 1.82) is 0 Å². The van der Waals surface area contributed by atoms with Gasteiger partial charge in [0.05, 0.1) is 5.69 Å². The number of carbonyl (C=O) groups is 1. The summed E-state index contributed by atoms with van der Waals surface area (Å²) >= 11 is 1.45. The van der Waals surface area contributed by atoms with Gasteiger partial charge in [0, 0.05) is 16.4 Å². The van der Waals surface area contributed by atoms with Gasteiger partial charge in [0.25, 0.3) is 0 Å². The fourth-order valence-corrected chi connectivity index (χ4v) is 3.05. The number of aryl methyl sites for hydroxylation is 1. The lowest BCUT2D eigenvalue weighted by atomic mass is 10.1. The molecule has 2 atom stereocenters. The van der Waals surface area contributed by atoms with Gasteiger partial charge in [0.15, 0.2) is 5.13 Å². The Labute approximate surface area is 120 Å². The number of thiazole rings is 1. The second kappa shape index (κ2) is 4.98. The normalized spacial score (nSPS) is 20.8. The smallest absolute Gasteiger partial charge is 0.229 e. The summed E-state index contributed by atoms with van der Waals surface area (Å²) in [4.78, 5) is 17.4. The highest BCUT2D eigenvalue weighted by Gasteiger charge is 2.39. The molecule has 1 aromatic heterocycles. The Morgan fingerprint density at radius 1 is 1.40 bits per heavy atom. The Hall–Kier alpha value is -1.75. The van der Waals surface area contributed by atoms with Crippen molar-refractivity contribution in [3.05, 3.63) is 35.0 Å². The molecular formula is C15H15FN2OS. The summed E-state index contributed by atoms with van der Waals surface area (Å²) in [6.07, 6.45) is 0.959. The number of nitrogens with one attached hydrogen (secondary N) is 1. The molecule has 3 nitrogen and oxygen atoms in total. The zero-order valence-corrected chi connectivity index (χ0v) is 12.1. The van der Waals surface area contributed by atoms with Crippen LogP contribution >= 0.6 is 11.3 Å². The van der Waals surface area contributed by atoms with Crippen molar-refractivity contribution >= 4 is 22.4 Å². The van der Waals surface area contributed by atoms with Crippen molar-refractivity contribution in [2.75, 3.05) is 5.32 Å². The van der Waals surface area contributed by atoms with Crippen molar-refractivity contribution in [3.8, 4) is 11.3 Å². The Kier molecular flexibility index (Phi) is 3.30. The third kappa shape index (κ3) is 2.58. The monoisotopic (exact) mass is 290 g/mol. The van der Waals surface area contributed by atoms with Crippen LogP contribution in [0.15, 0.2) is 24.3 Å². The van der Waals surface area contributed by atoms with E-state index in [1.807, 2.05) is 6.92 Å². The lowest BCUT2D eigenvalue weighted by Crippen LogP contribution is -2.14. The van der Waals surface area contributed by atoms with E-state index in [-0.39, 0.29) is 17.6 Å². The van der Waals surface area contributed by atoms with E-state index >= 15 is 0 Å². The second-order valence-corrected chi connectivity index (χ2v) is 6.44. The van der Waals surface area contributed by atoms with Crippen LogP contribution in [0.25, 0.3) is 11.3 Å². The third-order valence-electron chi connectivity index (χ3n) is 3.59. The molecule has 0 aliphatic heterocycles. The molecule has 1 aliphatic rings. The van der Waals surface area contributed by atoms with E-state index < -0.39 is 0 Å². The van der Waals surface area contributed by atoms with Crippen molar-refractivity contribution in [3.63, 3.8) is 0 Å². The Morgan fingerprint density at radius 3 is 2.65 bits per heavy atom. The molecule has 1 saturated carbocycles. The van der Waals surface area contributed by atoms with E-state index in [4.69, 9.17) is 0 Å². The molecule has 2 aromatic rings. The van der Waals surface area contributed by atoms with Crippen LogP contribution < -0.4 is 5.32 Å². The molecule has 0 saturated heterocycles. The highest BCUT2D eigenvalue weighted by atomic mass is 32.1. The van der Waals surface area contributed by atoms with Crippen molar-refractivity contribution in [1.82, 2.24) is 4.98 Å². The van der Waals surface area contributed by atoms with E-state index in [0.717, 1.165) is 22.6 Å². The van der Waals surface area contributed by atoms with E-state index in [1.165, 1.54) is 23.5 Å². The zero-order chi connectivity index (χ0) is 14.3. The number of hydrogen-bond acceptors (Lipinski definition) is 3. The number of rotatable bonds is 3. The Morgan fingerprint density at radius 2 is 2.05 bits per heavy atom. The predicted octanol–water partition coefficient (Wildman–Crippen LogP) is 3.85. The molecule has 3 rings (SSSR count). The van der Waals surface area contributed by atoms with Gasteiger partial charge in [0.2, 0.25) is 5.91 Å². The summed E-state index contributed by atoms with van der Waals surface area (Å²) in [6, 6.07) is 6.23. The molecule has 1 heterocycles. The minimum Gasteiger partial charge on any atom is -0.302 e. The van der Waals surface area contributed by atoms with Gasteiger partial charge in [-0.15, -0.1) is 11.3 Å². The first-order valence-corrected chi connectivity index (χ1v) is 7.40. The Balaban J connectivity index is 1.80. The van der Waals surface area contributed by atoms with Crippen LogP contribution in [-0.2, 0) is 4.79 Å². The van der Waals surface area contributed by atoms with Gasteiger partial charge in [-0.2, -0.15) is 0 Å². The van der Waals surface area contributed by atoms with Crippen LogP contribution in [0.5, 0.6) is 0 Å². The van der Waals surface area contributed by atoms with E-state index in [1.54, 1.807) is 12.1 Å². The lowest BCUT2D eigenvalue weighted by molar-refractivity contribution is -0.117. The highest BCUT2D eigenvalue weighted by molar-refractivity contribution is 7.16. The topological polar surface area (TPSA) is 42.0 Å². The molecular weight excluding hydrogens is 275 g/mol. The predicted molar refractivity (Wildman–Crippen MR) is 78.1 cm³/mol. The van der Waals surface area contributed by atoms with Crippen molar-refractivity contribution in [2.45, 2.75) is 20.3 Å². The van der Waals surface area contributed by atoms with E-state index in [2.05, 4.69) is 17.2 Å². The fourth-order valence-electron chi connectivity index (χ4n) is 2.21. The number of anilines is 1. The van der Waals surface area contributed by atoms with Crippen LogP contribution in [0.3, 0.4) is 0 Å².